The van der Waals surface area contributed by atoms with E-state index in [1.54, 1.807) is 48.5 Å². The minimum Gasteiger partial charge on any atom is -0.309 e. The summed E-state index contributed by atoms with van der Waals surface area (Å²) in [5.41, 5.74) is 2.13. The van der Waals surface area contributed by atoms with Gasteiger partial charge in [-0.05, 0) is 82.4 Å². The Balaban J connectivity index is 1.36. The lowest BCUT2D eigenvalue weighted by Crippen LogP contribution is -2.16. The molecule has 0 N–H and O–H groups in total. The molecule has 0 aliphatic rings. The number of alkyl halides is 3. The molecule has 0 unspecified atom stereocenters. The molecule has 0 radical (unpaired) electrons. The van der Waals surface area contributed by atoms with E-state index in [0.29, 0.717) is 49.7 Å². The quantitative estimate of drug-likeness (QED) is 0.0936. The second-order valence-electron chi connectivity index (χ2n) is 14.1. The van der Waals surface area contributed by atoms with E-state index in [0.717, 1.165) is 34.4 Å². The second-order valence-corrected chi connectivity index (χ2v) is 14.1. The highest BCUT2D eigenvalue weighted by Crippen LogP contribution is 2.47. The van der Waals surface area contributed by atoms with Crippen LogP contribution in [0.3, 0.4) is 0 Å². The van der Waals surface area contributed by atoms with Crippen molar-refractivity contribution in [3.05, 3.63) is 193 Å². The van der Waals surface area contributed by atoms with Crippen molar-refractivity contribution >= 4 is 43.6 Å². The van der Waals surface area contributed by atoms with Crippen molar-refractivity contribution in [2.75, 3.05) is 0 Å². The maximum Gasteiger partial charge on any atom is 0.420 e. The number of nitrogens with zero attached hydrogens (tertiary/aromatic N) is 2. The zero-order valence-electron chi connectivity index (χ0n) is 30.1. The second kappa shape index (κ2) is 13.2. The van der Waals surface area contributed by atoms with Crippen molar-refractivity contribution in [3.8, 4) is 44.8 Å². The number of hydrogen-bond acceptors (Lipinski definition) is 0. The van der Waals surface area contributed by atoms with E-state index in [2.05, 4.69) is 0 Å². The Morgan fingerprint density at radius 3 is 1.24 bits per heavy atom. The number of fused-ring (bicyclic) bond motifs is 6. The maximum atomic E-state index is 16.2. The van der Waals surface area contributed by atoms with Gasteiger partial charge in [0.05, 0.1) is 33.4 Å². The first-order valence-electron chi connectivity index (χ1n) is 18.3. The summed E-state index contributed by atoms with van der Waals surface area (Å²) >= 11 is 0. The van der Waals surface area contributed by atoms with Gasteiger partial charge < -0.3 is 9.13 Å². The average molecular weight is 777 g/mol. The molecule has 0 saturated heterocycles. The summed E-state index contributed by atoms with van der Waals surface area (Å²) in [7, 11) is 0. The van der Waals surface area contributed by atoms with E-state index in [4.69, 9.17) is 0 Å². The fourth-order valence-electron chi connectivity index (χ4n) is 8.28. The standard InChI is InChI=1S/C49H27F7N2/c50-38-27-35(46(51)48(53)47(38)52)32-25-43(57-39-17-9-7-15-33(39)36-23-30(19-21-41(36)57)28-11-3-1-4-12-28)45(49(54,55)56)44(26-32)58-40-18-10-8-16-34(40)37-24-31(20-22-42(37)58)29-13-5-2-6-14-29/h1-27H. The molecule has 58 heavy (non-hydrogen) atoms. The number of hydrogen-bond donors (Lipinski definition) is 0. The molecule has 8 aromatic carbocycles. The Bertz CT molecular complexity index is 3070. The lowest BCUT2D eigenvalue weighted by atomic mass is 9.98. The summed E-state index contributed by atoms with van der Waals surface area (Å²) in [6.07, 6.45) is -5.04. The lowest BCUT2D eigenvalue weighted by molar-refractivity contribution is -0.137. The molecule has 0 bridgehead atoms. The third-order valence-electron chi connectivity index (χ3n) is 10.8. The van der Waals surface area contributed by atoms with Gasteiger partial charge in [-0.3, -0.25) is 0 Å². The molecule has 0 atom stereocenters. The molecule has 0 amide bonds. The predicted molar refractivity (Wildman–Crippen MR) is 216 cm³/mol. The van der Waals surface area contributed by atoms with Gasteiger partial charge in [0.15, 0.2) is 23.3 Å². The van der Waals surface area contributed by atoms with Crippen LogP contribution in [0.25, 0.3) is 88.4 Å². The molecule has 2 nitrogen and oxygen atoms in total. The van der Waals surface area contributed by atoms with Crippen molar-refractivity contribution in [3.63, 3.8) is 0 Å². The van der Waals surface area contributed by atoms with Gasteiger partial charge in [-0.2, -0.15) is 13.2 Å². The van der Waals surface area contributed by atoms with E-state index in [9.17, 15) is 13.2 Å². The van der Waals surface area contributed by atoms with Gasteiger partial charge in [0.1, 0.15) is 5.56 Å². The molecule has 9 heteroatoms. The molecule has 0 spiro atoms. The van der Waals surface area contributed by atoms with Gasteiger partial charge in [0.25, 0.3) is 0 Å². The third-order valence-corrected chi connectivity index (χ3v) is 10.8. The first kappa shape index (κ1) is 35.3. The summed E-state index contributed by atoms with van der Waals surface area (Å²) in [6.45, 7) is 0. The average Bonchev–Trinajstić information content (AvgIpc) is 3.76. The van der Waals surface area contributed by atoms with Crippen LogP contribution in [0.5, 0.6) is 0 Å². The van der Waals surface area contributed by atoms with Gasteiger partial charge in [-0.25, -0.2) is 17.6 Å². The van der Waals surface area contributed by atoms with Crippen LogP contribution in [0.15, 0.2) is 164 Å². The smallest absolute Gasteiger partial charge is 0.309 e. The van der Waals surface area contributed by atoms with E-state index < -0.39 is 51.9 Å². The van der Waals surface area contributed by atoms with Crippen LogP contribution < -0.4 is 0 Å². The van der Waals surface area contributed by atoms with E-state index in [1.165, 1.54) is 9.13 Å². The van der Waals surface area contributed by atoms with Gasteiger partial charge in [-0.15, -0.1) is 0 Å². The van der Waals surface area contributed by atoms with Gasteiger partial charge in [0.2, 0.25) is 0 Å². The van der Waals surface area contributed by atoms with Crippen molar-refractivity contribution < 1.29 is 30.7 Å². The van der Waals surface area contributed by atoms with Crippen LogP contribution in [-0.4, -0.2) is 9.13 Å². The molecule has 10 rings (SSSR count). The molecule has 282 valence electrons. The monoisotopic (exact) mass is 776 g/mol. The van der Waals surface area contributed by atoms with Gasteiger partial charge in [-0.1, -0.05) is 109 Å². The van der Waals surface area contributed by atoms with Crippen molar-refractivity contribution in [2.45, 2.75) is 6.18 Å². The Morgan fingerprint density at radius 1 is 0.345 bits per heavy atom. The number of aromatic nitrogens is 2. The first-order chi connectivity index (χ1) is 28.1. The molecule has 0 aliphatic heterocycles. The zero-order valence-corrected chi connectivity index (χ0v) is 30.1. The highest BCUT2D eigenvalue weighted by Gasteiger charge is 2.40. The zero-order chi connectivity index (χ0) is 39.9. The Labute approximate surface area is 326 Å². The van der Waals surface area contributed by atoms with E-state index >= 15 is 17.6 Å². The van der Waals surface area contributed by atoms with Crippen LogP contribution in [0.2, 0.25) is 0 Å². The summed E-state index contributed by atoms with van der Waals surface area (Å²) in [6, 6.07) is 46.6. The minimum absolute atomic E-state index is 0.299. The Hall–Kier alpha value is -7.13. The normalized spacial score (nSPS) is 12.1. The molecular weight excluding hydrogens is 750 g/mol. The molecule has 0 saturated carbocycles. The van der Waals surface area contributed by atoms with Crippen LogP contribution >= 0.6 is 0 Å². The van der Waals surface area contributed by atoms with Crippen molar-refractivity contribution in [2.24, 2.45) is 0 Å². The van der Waals surface area contributed by atoms with Crippen molar-refractivity contribution in [1.82, 2.24) is 9.13 Å². The molecule has 10 aromatic rings. The molecule has 0 fully saturated rings. The number of halogens is 7. The fraction of sp³-hybridized carbons (Fsp3) is 0.0204. The van der Waals surface area contributed by atoms with Gasteiger partial charge in [0, 0.05) is 27.1 Å². The number of para-hydroxylation sites is 2. The molecule has 0 aliphatic carbocycles. The summed E-state index contributed by atoms with van der Waals surface area (Å²) < 4.78 is 112. The topological polar surface area (TPSA) is 9.86 Å². The SMILES string of the molecule is Fc1cc(-c2cc(-n3c4ccccc4c4cc(-c5ccccc5)ccc43)c(C(F)(F)F)c(-n3c4ccccc4c4cc(-c5ccccc5)ccc43)c2)c(F)c(F)c1F. The van der Waals surface area contributed by atoms with Crippen LogP contribution in [0.4, 0.5) is 30.7 Å². The Morgan fingerprint density at radius 2 is 0.776 bits per heavy atom. The third kappa shape index (κ3) is 5.49. The highest BCUT2D eigenvalue weighted by molar-refractivity contribution is 6.12. The Kier molecular flexibility index (Phi) is 8.05. The highest BCUT2D eigenvalue weighted by atomic mass is 19.4. The molecule has 2 aromatic heterocycles. The molecular formula is C49H27F7N2. The van der Waals surface area contributed by atoms with Crippen molar-refractivity contribution in [1.29, 1.82) is 0 Å². The summed E-state index contributed by atoms with van der Waals surface area (Å²) in [5.74, 6) is -7.53. The van der Waals surface area contributed by atoms with Crippen LogP contribution in [0.1, 0.15) is 5.56 Å². The number of benzene rings is 8. The van der Waals surface area contributed by atoms with Crippen LogP contribution in [0, 0.1) is 23.3 Å². The maximum absolute atomic E-state index is 16.2. The summed E-state index contributed by atoms with van der Waals surface area (Å²) in [4.78, 5) is 0. The van der Waals surface area contributed by atoms with Crippen LogP contribution in [-0.2, 0) is 6.18 Å². The fourth-order valence-corrected chi connectivity index (χ4v) is 8.28. The largest absolute Gasteiger partial charge is 0.420 e. The molecule has 2 heterocycles. The summed E-state index contributed by atoms with van der Waals surface area (Å²) in [5, 5.41) is 2.58. The van der Waals surface area contributed by atoms with E-state index in [1.807, 2.05) is 97.1 Å². The minimum atomic E-state index is -5.04. The lowest BCUT2D eigenvalue weighted by Gasteiger charge is -2.23. The number of rotatable bonds is 5. The van der Waals surface area contributed by atoms with Gasteiger partial charge >= 0.3 is 6.18 Å². The first-order valence-corrected chi connectivity index (χ1v) is 18.3. The predicted octanol–water partition coefficient (Wildman–Crippen LogP) is 14.5. The van der Waals surface area contributed by atoms with E-state index in [-0.39, 0.29) is 5.56 Å².